The second-order valence-electron chi connectivity index (χ2n) is 4.46. The van der Waals surface area contributed by atoms with Crippen molar-refractivity contribution in [2.24, 2.45) is 0 Å². The van der Waals surface area contributed by atoms with E-state index in [1.807, 2.05) is 13.0 Å². The van der Waals surface area contributed by atoms with Gasteiger partial charge in [0, 0.05) is 10.2 Å². The lowest BCUT2D eigenvalue weighted by Gasteiger charge is -2.11. The predicted octanol–water partition coefficient (Wildman–Crippen LogP) is 3.53. The zero-order valence-electron chi connectivity index (χ0n) is 11.2. The van der Waals surface area contributed by atoms with E-state index in [1.165, 1.54) is 0 Å². The predicted molar refractivity (Wildman–Crippen MR) is 85.1 cm³/mol. The molecule has 0 radical (unpaired) electrons. The van der Waals surface area contributed by atoms with Crippen LogP contribution in [0, 0.1) is 5.82 Å². The Morgan fingerprint density at radius 2 is 2.00 bits per heavy atom. The highest BCUT2D eigenvalue weighted by molar-refractivity contribution is 9.10. The maximum atomic E-state index is 13.3. The third kappa shape index (κ3) is 3.54. The van der Waals surface area contributed by atoms with Crippen molar-refractivity contribution in [2.45, 2.75) is 18.2 Å². The first kappa shape index (κ1) is 15.8. The van der Waals surface area contributed by atoms with E-state index in [-0.39, 0.29) is 15.1 Å². The molecule has 2 rings (SSSR count). The van der Waals surface area contributed by atoms with E-state index in [1.54, 1.807) is 18.2 Å². The Morgan fingerprint density at radius 3 is 2.67 bits per heavy atom. The Balaban J connectivity index is 2.40. The molecule has 3 N–H and O–H groups in total. The molecular formula is C14H14BrFN2O2S. The molecule has 0 aliphatic rings. The van der Waals surface area contributed by atoms with Gasteiger partial charge in [0.05, 0.1) is 5.69 Å². The van der Waals surface area contributed by atoms with E-state index in [0.29, 0.717) is 5.69 Å². The lowest BCUT2D eigenvalue weighted by Crippen LogP contribution is -2.14. The number of halogens is 2. The lowest BCUT2D eigenvalue weighted by atomic mass is 10.1. The molecule has 112 valence electrons. The first-order chi connectivity index (χ1) is 9.83. The Morgan fingerprint density at radius 1 is 1.29 bits per heavy atom. The summed E-state index contributed by atoms with van der Waals surface area (Å²) in [6.07, 6.45) is 0.794. The second kappa shape index (κ2) is 6.03. The number of aryl methyl sites for hydroxylation is 1. The van der Waals surface area contributed by atoms with Crippen molar-refractivity contribution < 1.29 is 12.8 Å². The number of hydrogen-bond donors (Lipinski definition) is 2. The number of nitrogen functional groups attached to an aromatic ring is 1. The van der Waals surface area contributed by atoms with Crippen LogP contribution < -0.4 is 10.5 Å². The van der Waals surface area contributed by atoms with Crippen LogP contribution in [0.3, 0.4) is 0 Å². The fourth-order valence-electron chi connectivity index (χ4n) is 1.82. The quantitative estimate of drug-likeness (QED) is 0.806. The summed E-state index contributed by atoms with van der Waals surface area (Å²) in [6.45, 7) is 1.98. The summed E-state index contributed by atoms with van der Waals surface area (Å²) in [7, 11) is -3.85. The summed E-state index contributed by atoms with van der Waals surface area (Å²) in [4.78, 5) is -0.108. The van der Waals surface area contributed by atoms with Crippen LogP contribution in [0.5, 0.6) is 0 Å². The van der Waals surface area contributed by atoms with E-state index in [0.717, 1.165) is 24.1 Å². The molecule has 0 amide bonds. The Kier molecular flexibility index (Phi) is 4.53. The molecular weight excluding hydrogens is 359 g/mol. The SMILES string of the molecule is CCc1cccc(NS(=O)(=O)c2cc(N)c(F)cc2Br)c1. The van der Waals surface area contributed by atoms with Gasteiger partial charge in [0.15, 0.2) is 0 Å². The Hall–Kier alpha value is -1.60. The minimum atomic E-state index is -3.85. The highest BCUT2D eigenvalue weighted by atomic mass is 79.9. The average Bonchev–Trinajstić information content (AvgIpc) is 2.42. The van der Waals surface area contributed by atoms with Crippen LogP contribution in [0.25, 0.3) is 0 Å². The summed E-state index contributed by atoms with van der Waals surface area (Å²) in [5.74, 6) is -0.672. The number of anilines is 2. The molecule has 0 aliphatic carbocycles. The van der Waals surface area contributed by atoms with Crippen molar-refractivity contribution in [3.8, 4) is 0 Å². The van der Waals surface area contributed by atoms with Crippen molar-refractivity contribution >= 4 is 37.3 Å². The number of benzene rings is 2. The van der Waals surface area contributed by atoms with Crippen LogP contribution in [0.2, 0.25) is 0 Å². The van der Waals surface area contributed by atoms with E-state index in [9.17, 15) is 12.8 Å². The zero-order chi connectivity index (χ0) is 15.6. The standard InChI is InChI=1S/C14H14BrFN2O2S/c1-2-9-4-3-5-10(6-9)18-21(19,20)14-8-13(17)12(16)7-11(14)15/h3-8,18H,2,17H2,1H3. The van der Waals surface area contributed by atoms with Gasteiger partial charge >= 0.3 is 0 Å². The molecule has 2 aromatic carbocycles. The van der Waals surface area contributed by atoms with E-state index < -0.39 is 15.8 Å². The van der Waals surface area contributed by atoms with Gasteiger partial charge in [-0.3, -0.25) is 4.72 Å². The minimum absolute atomic E-state index is 0.108. The third-order valence-electron chi connectivity index (χ3n) is 2.93. The molecule has 0 spiro atoms. The largest absolute Gasteiger partial charge is 0.396 e. The summed E-state index contributed by atoms with van der Waals surface area (Å²) in [6, 6.07) is 9.20. The highest BCUT2D eigenvalue weighted by Crippen LogP contribution is 2.28. The number of nitrogens with one attached hydrogen (secondary N) is 1. The van der Waals surface area contributed by atoms with E-state index in [2.05, 4.69) is 20.7 Å². The smallest absolute Gasteiger partial charge is 0.263 e. The highest BCUT2D eigenvalue weighted by Gasteiger charge is 2.20. The van der Waals surface area contributed by atoms with Gasteiger partial charge in [0.25, 0.3) is 10.0 Å². The van der Waals surface area contributed by atoms with Crippen molar-refractivity contribution in [2.75, 3.05) is 10.5 Å². The third-order valence-corrected chi connectivity index (χ3v) is 5.27. The summed E-state index contributed by atoms with van der Waals surface area (Å²) in [5, 5.41) is 0. The summed E-state index contributed by atoms with van der Waals surface area (Å²) in [5.41, 5.74) is 6.67. The molecule has 0 bridgehead atoms. The molecule has 7 heteroatoms. The van der Waals surface area contributed by atoms with Crippen LogP contribution in [0.4, 0.5) is 15.8 Å². The number of hydrogen-bond acceptors (Lipinski definition) is 3. The molecule has 2 aromatic rings. The van der Waals surface area contributed by atoms with Gasteiger partial charge in [0.2, 0.25) is 0 Å². The van der Waals surface area contributed by atoms with Crippen molar-refractivity contribution in [1.29, 1.82) is 0 Å². The van der Waals surface area contributed by atoms with Gasteiger partial charge in [-0.15, -0.1) is 0 Å². The molecule has 4 nitrogen and oxygen atoms in total. The van der Waals surface area contributed by atoms with Gasteiger partial charge in [-0.25, -0.2) is 12.8 Å². The average molecular weight is 373 g/mol. The summed E-state index contributed by atoms with van der Waals surface area (Å²) < 4.78 is 40.6. The fourth-order valence-corrected chi connectivity index (χ4v) is 3.92. The first-order valence-electron chi connectivity index (χ1n) is 6.19. The lowest BCUT2D eigenvalue weighted by molar-refractivity contribution is 0.599. The van der Waals surface area contributed by atoms with Crippen LogP contribution in [-0.2, 0) is 16.4 Å². The molecule has 0 unspecified atom stereocenters. The Labute approximate surface area is 131 Å². The molecule has 0 fully saturated rings. The number of sulfonamides is 1. The van der Waals surface area contributed by atoms with Crippen molar-refractivity contribution in [3.05, 3.63) is 52.3 Å². The van der Waals surface area contributed by atoms with Crippen molar-refractivity contribution in [1.82, 2.24) is 0 Å². The topological polar surface area (TPSA) is 72.2 Å². The molecule has 0 aromatic heterocycles. The minimum Gasteiger partial charge on any atom is -0.396 e. The fraction of sp³-hybridized carbons (Fsp3) is 0.143. The molecule has 0 heterocycles. The molecule has 21 heavy (non-hydrogen) atoms. The van der Waals surface area contributed by atoms with Gasteiger partial charge in [-0.05, 0) is 52.2 Å². The Bertz CT molecular complexity index is 779. The van der Waals surface area contributed by atoms with Crippen LogP contribution >= 0.6 is 15.9 Å². The van der Waals surface area contributed by atoms with Gasteiger partial charge in [-0.1, -0.05) is 19.1 Å². The maximum Gasteiger partial charge on any atom is 0.263 e. The maximum absolute atomic E-state index is 13.3. The van der Waals surface area contributed by atoms with Crippen LogP contribution in [0.15, 0.2) is 45.8 Å². The van der Waals surface area contributed by atoms with Crippen LogP contribution in [-0.4, -0.2) is 8.42 Å². The molecule has 0 aliphatic heterocycles. The monoisotopic (exact) mass is 372 g/mol. The second-order valence-corrected chi connectivity index (χ2v) is 6.97. The normalized spacial score (nSPS) is 11.4. The summed E-state index contributed by atoms with van der Waals surface area (Å²) >= 11 is 3.04. The number of rotatable bonds is 4. The van der Waals surface area contributed by atoms with E-state index in [4.69, 9.17) is 5.73 Å². The number of nitrogens with two attached hydrogens (primary N) is 1. The molecule has 0 atom stereocenters. The molecule has 0 saturated heterocycles. The van der Waals surface area contributed by atoms with Gasteiger partial charge in [-0.2, -0.15) is 0 Å². The first-order valence-corrected chi connectivity index (χ1v) is 8.47. The van der Waals surface area contributed by atoms with Gasteiger partial charge in [0.1, 0.15) is 10.7 Å². The molecule has 0 saturated carbocycles. The van der Waals surface area contributed by atoms with Crippen LogP contribution in [0.1, 0.15) is 12.5 Å². The van der Waals surface area contributed by atoms with Gasteiger partial charge < -0.3 is 5.73 Å². The van der Waals surface area contributed by atoms with Crippen molar-refractivity contribution in [3.63, 3.8) is 0 Å². The zero-order valence-corrected chi connectivity index (χ0v) is 13.6. The van der Waals surface area contributed by atoms with E-state index >= 15 is 0 Å².